The monoisotopic (exact) mass is 335 g/mol. The van der Waals surface area contributed by atoms with Crippen molar-refractivity contribution in [2.75, 3.05) is 6.54 Å². The van der Waals surface area contributed by atoms with Crippen molar-refractivity contribution in [3.05, 3.63) is 19.2 Å². The fourth-order valence-corrected chi connectivity index (χ4v) is 3.34. The predicted octanol–water partition coefficient (Wildman–Crippen LogP) is 3.95. The summed E-state index contributed by atoms with van der Waals surface area (Å²) in [4.78, 5) is 1.27. The highest BCUT2D eigenvalue weighted by atomic mass is 79.9. The van der Waals surface area contributed by atoms with Gasteiger partial charge in [-0.2, -0.15) is 0 Å². The van der Waals surface area contributed by atoms with Crippen molar-refractivity contribution in [2.45, 2.75) is 19.4 Å². The summed E-state index contributed by atoms with van der Waals surface area (Å²) < 4.78 is 2.21. The van der Waals surface area contributed by atoms with Gasteiger partial charge < -0.3 is 5.32 Å². The SMILES string of the molecule is C#CCC(NCC)c1cc(Br)c(Br)s1. The van der Waals surface area contributed by atoms with Crippen LogP contribution in [0, 0.1) is 12.3 Å². The first-order valence-electron chi connectivity index (χ1n) is 4.30. The Morgan fingerprint density at radius 2 is 2.36 bits per heavy atom. The molecule has 0 aliphatic rings. The summed E-state index contributed by atoms with van der Waals surface area (Å²) in [7, 11) is 0. The van der Waals surface area contributed by atoms with Crippen molar-refractivity contribution >= 4 is 43.2 Å². The number of hydrogen-bond donors (Lipinski definition) is 1. The third-order valence-corrected chi connectivity index (χ3v) is 5.15. The molecular formula is C10H11Br2NS. The first-order chi connectivity index (χ1) is 6.69. The Hall–Kier alpha value is 0.180. The van der Waals surface area contributed by atoms with Gasteiger partial charge in [0.15, 0.2) is 0 Å². The van der Waals surface area contributed by atoms with Crippen LogP contribution in [0.4, 0.5) is 0 Å². The largest absolute Gasteiger partial charge is 0.309 e. The fraction of sp³-hybridized carbons (Fsp3) is 0.400. The van der Waals surface area contributed by atoms with Crippen molar-refractivity contribution in [1.29, 1.82) is 0 Å². The Morgan fingerprint density at radius 1 is 1.64 bits per heavy atom. The average Bonchev–Trinajstić information content (AvgIpc) is 2.47. The lowest BCUT2D eigenvalue weighted by Gasteiger charge is -2.12. The van der Waals surface area contributed by atoms with E-state index in [0.717, 1.165) is 21.2 Å². The van der Waals surface area contributed by atoms with Crippen molar-refractivity contribution in [3.8, 4) is 12.3 Å². The van der Waals surface area contributed by atoms with Gasteiger partial charge in [-0.1, -0.05) is 6.92 Å². The lowest BCUT2D eigenvalue weighted by atomic mass is 10.2. The molecule has 1 unspecified atom stereocenters. The van der Waals surface area contributed by atoms with E-state index in [1.165, 1.54) is 4.88 Å². The maximum absolute atomic E-state index is 5.33. The third-order valence-electron chi connectivity index (χ3n) is 1.78. The van der Waals surface area contributed by atoms with Crippen LogP contribution in [-0.2, 0) is 0 Å². The predicted molar refractivity (Wildman–Crippen MR) is 69.6 cm³/mol. The standard InChI is InChI=1S/C10H11Br2NS/c1-3-5-8(13-4-2)9-6-7(11)10(12)14-9/h1,6,8,13H,4-5H2,2H3. The smallest absolute Gasteiger partial charge is 0.0843 e. The van der Waals surface area contributed by atoms with Crippen LogP contribution in [0.25, 0.3) is 0 Å². The van der Waals surface area contributed by atoms with Crippen molar-refractivity contribution in [2.24, 2.45) is 0 Å². The molecule has 0 spiro atoms. The van der Waals surface area contributed by atoms with E-state index in [9.17, 15) is 0 Å². The third kappa shape index (κ3) is 3.09. The number of hydrogen-bond acceptors (Lipinski definition) is 2. The summed E-state index contributed by atoms with van der Waals surface area (Å²) in [5.74, 6) is 2.69. The maximum Gasteiger partial charge on any atom is 0.0843 e. The van der Waals surface area contributed by atoms with Gasteiger partial charge >= 0.3 is 0 Å². The molecule has 4 heteroatoms. The number of rotatable bonds is 4. The molecule has 0 amide bonds. The zero-order valence-corrected chi connectivity index (χ0v) is 11.8. The molecule has 76 valence electrons. The Morgan fingerprint density at radius 3 is 2.79 bits per heavy atom. The Kier molecular flexibility index (Phi) is 5.18. The lowest BCUT2D eigenvalue weighted by molar-refractivity contribution is 0.574. The van der Waals surface area contributed by atoms with Gasteiger partial charge in [0.05, 0.1) is 9.83 Å². The van der Waals surface area contributed by atoms with Crippen LogP contribution >= 0.6 is 43.2 Å². The summed E-state index contributed by atoms with van der Waals surface area (Å²) in [5, 5.41) is 3.37. The number of terminal acetylenes is 1. The van der Waals surface area contributed by atoms with Crippen LogP contribution in [0.5, 0.6) is 0 Å². The topological polar surface area (TPSA) is 12.0 Å². The summed E-state index contributed by atoms with van der Waals surface area (Å²) in [6, 6.07) is 2.39. The molecule has 1 aromatic rings. The number of halogens is 2. The highest BCUT2D eigenvalue weighted by Crippen LogP contribution is 2.36. The van der Waals surface area contributed by atoms with Crippen molar-refractivity contribution in [1.82, 2.24) is 5.32 Å². The normalized spacial score (nSPS) is 12.4. The molecule has 0 aliphatic carbocycles. The van der Waals surface area contributed by atoms with Crippen molar-refractivity contribution in [3.63, 3.8) is 0 Å². The maximum atomic E-state index is 5.33. The molecule has 14 heavy (non-hydrogen) atoms. The molecule has 0 saturated heterocycles. The molecule has 1 heterocycles. The molecule has 0 fully saturated rings. The van der Waals surface area contributed by atoms with Crippen LogP contribution < -0.4 is 5.32 Å². The van der Waals surface area contributed by atoms with E-state index in [4.69, 9.17) is 6.42 Å². The van der Waals surface area contributed by atoms with Crippen LogP contribution in [-0.4, -0.2) is 6.54 Å². The van der Waals surface area contributed by atoms with Gasteiger partial charge in [-0.3, -0.25) is 0 Å². The van der Waals surface area contributed by atoms with E-state index >= 15 is 0 Å². The second kappa shape index (κ2) is 5.92. The zero-order valence-electron chi connectivity index (χ0n) is 7.81. The number of thiophene rings is 1. The quantitative estimate of drug-likeness (QED) is 0.821. The van der Waals surface area contributed by atoms with E-state index in [-0.39, 0.29) is 6.04 Å². The molecule has 0 aromatic carbocycles. The zero-order chi connectivity index (χ0) is 10.6. The van der Waals surface area contributed by atoms with Crippen LogP contribution in [0.3, 0.4) is 0 Å². The molecule has 0 aliphatic heterocycles. The minimum atomic E-state index is 0.276. The minimum Gasteiger partial charge on any atom is -0.309 e. The highest BCUT2D eigenvalue weighted by Gasteiger charge is 2.13. The molecule has 1 aromatic heterocycles. The first-order valence-corrected chi connectivity index (χ1v) is 6.70. The van der Waals surface area contributed by atoms with Crippen molar-refractivity contribution < 1.29 is 0 Å². The lowest BCUT2D eigenvalue weighted by Crippen LogP contribution is -2.19. The molecule has 1 nitrogen and oxygen atoms in total. The van der Waals surface area contributed by atoms with Gasteiger partial charge in [0.1, 0.15) is 0 Å². The Balaban J connectivity index is 2.82. The van der Waals surface area contributed by atoms with Gasteiger partial charge in [-0.25, -0.2) is 0 Å². The molecule has 1 atom stereocenters. The molecule has 0 saturated carbocycles. The molecule has 0 bridgehead atoms. The molecule has 1 rings (SSSR count). The van der Waals surface area contributed by atoms with E-state index in [1.54, 1.807) is 11.3 Å². The van der Waals surface area contributed by atoms with E-state index < -0.39 is 0 Å². The van der Waals surface area contributed by atoms with Crippen LogP contribution in [0.15, 0.2) is 14.3 Å². The van der Waals surface area contributed by atoms with Gasteiger partial charge in [0.25, 0.3) is 0 Å². The minimum absolute atomic E-state index is 0.276. The first kappa shape index (κ1) is 12.3. The fourth-order valence-electron chi connectivity index (χ4n) is 1.17. The molecular weight excluding hydrogens is 326 g/mol. The van der Waals surface area contributed by atoms with Gasteiger partial charge in [-0.15, -0.1) is 23.7 Å². The molecule has 0 radical (unpaired) electrons. The highest BCUT2D eigenvalue weighted by molar-refractivity contribution is 9.13. The second-order valence-corrected chi connectivity index (χ2v) is 6.04. The van der Waals surface area contributed by atoms with Gasteiger partial charge in [0.2, 0.25) is 0 Å². The summed E-state index contributed by atoms with van der Waals surface area (Å²) in [6.45, 7) is 3.01. The van der Waals surface area contributed by atoms with Gasteiger partial charge in [-0.05, 0) is 44.5 Å². The van der Waals surface area contributed by atoms with Crippen LogP contribution in [0.2, 0.25) is 0 Å². The second-order valence-electron chi connectivity index (χ2n) is 2.79. The summed E-state index contributed by atoms with van der Waals surface area (Å²) in [5.41, 5.74) is 0. The van der Waals surface area contributed by atoms with Gasteiger partial charge in [0, 0.05) is 15.8 Å². The molecule has 1 N–H and O–H groups in total. The average molecular weight is 337 g/mol. The number of nitrogens with one attached hydrogen (secondary N) is 1. The summed E-state index contributed by atoms with van der Waals surface area (Å²) in [6.07, 6.45) is 6.06. The Bertz CT molecular complexity index is 321. The van der Waals surface area contributed by atoms with E-state index in [0.29, 0.717) is 0 Å². The van der Waals surface area contributed by atoms with E-state index in [2.05, 4.69) is 56.1 Å². The van der Waals surface area contributed by atoms with E-state index in [1.807, 2.05) is 0 Å². The Labute approximate surface area is 106 Å². The summed E-state index contributed by atoms with van der Waals surface area (Å²) >= 11 is 8.66. The van der Waals surface area contributed by atoms with Crippen LogP contribution in [0.1, 0.15) is 24.3 Å².